The van der Waals surface area contributed by atoms with E-state index in [-0.39, 0.29) is 57.5 Å². The molecule has 2 unspecified atom stereocenters. The topological polar surface area (TPSA) is 169 Å². The van der Waals surface area contributed by atoms with E-state index in [1.165, 1.54) is 13.2 Å². The number of aldehydes is 2. The second kappa shape index (κ2) is 12.0. The van der Waals surface area contributed by atoms with Gasteiger partial charge in [0.2, 0.25) is 0 Å². The molecule has 4 rings (SSSR count). The number of phenolic OH excluding ortho intramolecular Hbond substituents is 1. The summed E-state index contributed by atoms with van der Waals surface area (Å²) in [6, 6.07) is 2.16. The minimum atomic E-state index is -6.03. The summed E-state index contributed by atoms with van der Waals surface area (Å²) in [5, 5.41) is 9.77. The van der Waals surface area contributed by atoms with E-state index in [0.717, 1.165) is 13.2 Å². The fourth-order valence-electron chi connectivity index (χ4n) is 3.71. The number of esters is 2. The summed E-state index contributed by atoms with van der Waals surface area (Å²) < 4.78 is 83.5. The maximum atomic E-state index is 12.5. The third kappa shape index (κ3) is 6.28. The highest BCUT2D eigenvalue weighted by Crippen LogP contribution is 2.45. The van der Waals surface area contributed by atoms with Crippen molar-refractivity contribution in [2.24, 2.45) is 0 Å². The Morgan fingerprint density at radius 2 is 1.37 bits per heavy atom. The molecule has 0 saturated carbocycles. The molecule has 0 spiro atoms. The van der Waals surface area contributed by atoms with Gasteiger partial charge in [-0.25, -0.2) is 9.59 Å². The lowest BCUT2D eigenvalue weighted by Gasteiger charge is -2.14. The van der Waals surface area contributed by atoms with Crippen molar-refractivity contribution in [1.29, 1.82) is 0 Å². The minimum Gasteiger partial charge on any atom is -0.507 e. The van der Waals surface area contributed by atoms with Crippen LogP contribution in [0.15, 0.2) is 12.1 Å². The number of carbonyl (C=O) groups is 4. The highest BCUT2D eigenvalue weighted by Gasteiger charge is 2.50. The van der Waals surface area contributed by atoms with Crippen molar-refractivity contribution >= 4 is 57.8 Å². The number of alkyl halides is 3. The molecule has 0 fully saturated rings. The Hall–Kier alpha value is -3.76. The molecule has 0 amide bonds. The Morgan fingerprint density at radius 3 is 1.80 bits per heavy atom. The van der Waals surface area contributed by atoms with Crippen LogP contribution in [0.2, 0.25) is 10.0 Å². The monoisotopic (exact) mass is 644 g/mol. The van der Waals surface area contributed by atoms with Crippen molar-refractivity contribution in [2.45, 2.75) is 30.6 Å². The molecule has 2 aromatic carbocycles. The highest BCUT2D eigenvalue weighted by atomic mass is 35.5. The molecular weight excluding hydrogens is 628 g/mol. The molecule has 2 aliphatic rings. The molecule has 0 saturated heterocycles. The number of ether oxygens (including phenoxy) is 4. The second-order valence-electron chi connectivity index (χ2n) is 8.07. The summed E-state index contributed by atoms with van der Waals surface area (Å²) in [5.74, 6) is -2.54. The van der Waals surface area contributed by atoms with Gasteiger partial charge >= 0.3 is 27.6 Å². The third-order valence-electron chi connectivity index (χ3n) is 5.60. The Bertz CT molecular complexity index is 1530. The summed E-state index contributed by atoms with van der Waals surface area (Å²) in [6.45, 7) is 0. The first-order chi connectivity index (χ1) is 19.1. The number of benzene rings is 2. The number of hydrogen-bond acceptors (Lipinski definition) is 12. The number of carbonyl (C=O) groups excluding carboxylic acids is 4. The van der Waals surface area contributed by atoms with Crippen LogP contribution in [0.5, 0.6) is 23.0 Å². The molecule has 2 aromatic rings. The number of methoxy groups -OCH3 is 2. The second-order valence-corrected chi connectivity index (χ2v) is 10.4. The van der Waals surface area contributed by atoms with Crippen LogP contribution in [0.1, 0.15) is 31.8 Å². The fourth-order valence-corrected chi connectivity index (χ4v) is 4.78. The van der Waals surface area contributed by atoms with E-state index in [2.05, 4.69) is 13.7 Å². The maximum Gasteiger partial charge on any atom is 0.534 e. The summed E-state index contributed by atoms with van der Waals surface area (Å²) in [4.78, 5) is 44.6. The predicted octanol–water partition coefficient (Wildman–Crippen LogP) is 3.19. The Balaban J connectivity index is 0.000000239. The van der Waals surface area contributed by atoms with E-state index in [4.69, 9.17) is 32.7 Å². The lowest BCUT2D eigenvalue weighted by atomic mass is 10.1. The molecule has 1 N–H and O–H groups in total. The van der Waals surface area contributed by atoms with Gasteiger partial charge in [-0.3, -0.25) is 9.59 Å². The van der Waals surface area contributed by atoms with Crippen LogP contribution in [0.3, 0.4) is 0 Å². The van der Waals surface area contributed by atoms with Gasteiger partial charge in [0.15, 0.2) is 30.5 Å². The minimum absolute atomic E-state index is 0.0683. The van der Waals surface area contributed by atoms with Gasteiger partial charge in [0.1, 0.15) is 17.2 Å². The number of hydrogen-bond donors (Lipinski definition) is 1. The van der Waals surface area contributed by atoms with E-state index < -0.39 is 51.1 Å². The average Bonchev–Trinajstić information content (AvgIpc) is 3.57. The smallest absolute Gasteiger partial charge is 0.507 e. The van der Waals surface area contributed by atoms with Crippen LogP contribution < -0.4 is 13.7 Å². The number of halogens is 5. The normalized spacial score (nSPS) is 17.0. The summed E-state index contributed by atoms with van der Waals surface area (Å²) in [6.07, 6.45) is -1.78. The molecule has 2 atom stereocenters. The standard InChI is InChI=1S/C12H8ClF3O7S.C11H9ClO5/c1-21-11(18)8-3-6-9(23-24(19,20)12(14,15)16)5(4-17)2-7(13)10(6)22-8;1-16-11(15)8-3-6-9(14)5(4-13)2-7(12)10(6)17-8/h2,4,8H,3H2,1H3;2,4,8,14H,3H2,1H3. The molecule has 12 nitrogen and oxygen atoms in total. The number of rotatable bonds is 6. The summed E-state index contributed by atoms with van der Waals surface area (Å²) >= 11 is 11.7. The number of phenols is 1. The van der Waals surface area contributed by atoms with Gasteiger partial charge in [-0.2, -0.15) is 21.6 Å². The molecule has 2 aliphatic heterocycles. The molecular formula is C23H17Cl2F3O12S. The van der Waals surface area contributed by atoms with Gasteiger partial charge in [-0.15, -0.1) is 0 Å². The third-order valence-corrected chi connectivity index (χ3v) is 7.11. The van der Waals surface area contributed by atoms with Crippen LogP contribution in [0.4, 0.5) is 13.2 Å². The Kier molecular flexibility index (Phi) is 9.30. The molecule has 0 aromatic heterocycles. The zero-order chi connectivity index (χ0) is 30.9. The lowest BCUT2D eigenvalue weighted by Crippen LogP contribution is -2.29. The van der Waals surface area contributed by atoms with E-state index >= 15 is 0 Å². The van der Waals surface area contributed by atoms with Crippen molar-refractivity contribution in [3.05, 3.63) is 44.4 Å². The predicted molar refractivity (Wildman–Crippen MR) is 131 cm³/mol. The van der Waals surface area contributed by atoms with Gasteiger partial charge in [0, 0.05) is 24.0 Å². The van der Waals surface area contributed by atoms with Gasteiger partial charge in [0.25, 0.3) is 0 Å². The highest BCUT2D eigenvalue weighted by molar-refractivity contribution is 7.88. The molecule has 0 bridgehead atoms. The molecule has 2 heterocycles. The van der Waals surface area contributed by atoms with Crippen molar-refractivity contribution in [1.82, 2.24) is 0 Å². The van der Waals surface area contributed by atoms with E-state index in [9.17, 15) is 45.9 Å². The van der Waals surface area contributed by atoms with Crippen molar-refractivity contribution in [3.63, 3.8) is 0 Å². The molecule has 18 heteroatoms. The van der Waals surface area contributed by atoms with Crippen LogP contribution in [0, 0.1) is 0 Å². The summed E-state index contributed by atoms with van der Waals surface area (Å²) in [5.41, 5.74) is -6.08. The quantitative estimate of drug-likeness (QED) is 0.211. The molecule has 0 radical (unpaired) electrons. The molecule has 0 aliphatic carbocycles. The average molecular weight is 645 g/mol. The maximum absolute atomic E-state index is 12.5. The van der Waals surface area contributed by atoms with E-state index in [1.807, 2.05) is 0 Å². The van der Waals surface area contributed by atoms with Gasteiger partial charge in [-0.1, -0.05) is 23.2 Å². The first-order valence-electron chi connectivity index (χ1n) is 10.9. The Morgan fingerprint density at radius 1 is 0.927 bits per heavy atom. The zero-order valence-electron chi connectivity index (χ0n) is 20.6. The summed E-state index contributed by atoms with van der Waals surface area (Å²) in [7, 11) is -3.74. The van der Waals surface area contributed by atoms with E-state index in [1.54, 1.807) is 0 Å². The van der Waals surface area contributed by atoms with Crippen molar-refractivity contribution < 1.29 is 69.0 Å². The number of aromatic hydroxyl groups is 1. The van der Waals surface area contributed by atoms with Gasteiger partial charge in [0.05, 0.1) is 35.4 Å². The fraction of sp³-hybridized carbons (Fsp3) is 0.304. The van der Waals surface area contributed by atoms with Crippen LogP contribution >= 0.6 is 23.2 Å². The SMILES string of the molecule is COC(=O)C1Cc2c(O)c(C=O)cc(Cl)c2O1.COC(=O)C1Cc2c(c(Cl)cc(C=O)c2OS(=O)(=O)C(F)(F)F)O1. The van der Waals surface area contributed by atoms with Crippen molar-refractivity contribution in [3.8, 4) is 23.0 Å². The Labute approximate surface area is 238 Å². The number of fused-ring (bicyclic) bond motifs is 2. The zero-order valence-corrected chi connectivity index (χ0v) is 22.9. The van der Waals surface area contributed by atoms with E-state index in [0.29, 0.717) is 11.8 Å². The lowest BCUT2D eigenvalue weighted by molar-refractivity contribution is -0.148. The molecule has 222 valence electrons. The van der Waals surface area contributed by atoms with Crippen LogP contribution in [-0.4, -0.2) is 70.0 Å². The molecule has 41 heavy (non-hydrogen) atoms. The van der Waals surface area contributed by atoms with Crippen LogP contribution in [0.25, 0.3) is 0 Å². The van der Waals surface area contributed by atoms with Crippen molar-refractivity contribution in [2.75, 3.05) is 14.2 Å². The largest absolute Gasteiger partial charge is 0.534 e. The van der Waals surface area contributed by atoms with Gasteiger partial charge in [-0.05, 0) is 12.1 Å². The van der Waals surface area contributed by atoms with Crippen LogP contribution in [-0.2, 0) is 42.0 Å². The first-order valence-corrected chi connectivity index (χ1v) is 13.1. The first kappa shape index (κ1) is 31.8. The van der Waals surface area contributed by atoms with Gasteiger partial charge < -0.3 is 28.2 Å².